The molecule has 1 aliphatic rings. The molecule has 0 aliphatic heterocycles. The lowest BCUT2D eigenvalue weighted by Gasteiger charge is -2.12. The van der Waals surface area contributed by atoms with Crippen LogP contribution in [0.25, 0.3) is 0 Å². The van der Waals surface area contributed by atoms with Gasteiger partial charge in [-0.25, -0.2) is 4.98 Å². The molecule has 1 aromatic rings. The Kier molecular flexibility index (Phi) is 3.65. The third-order valence-electron chi connectivity index (χ3n) is 2.99. The minimum atomic E-state index is 0.440. The Morgan fingerprint density at radius 1 is 1.47 bits per heavy atom. The van der Waals surface area contributed by atoms with Crippen molar-refractivity contribution in [3.8, 4) is 0 Å². The quantitative estimate of drug-likeness (QED) is 0.845. The molecule has 0 bridgehead atoms. The summed E-state index contributed by atoms with van der Waals surface area (Å²) in [6, 6.07) is 2.00. The summed E-state index contributed by atoms with van der Waals surface area (Å²) in [4.78, 5) is 4.46. The average Bonchev–Trinajstić information content (AvgIpc) is 2.74. The molecule has 0 radical (unpaired) electrons. The van der Waals surface area contributed by atoms with Crippen LogP contribution in [0, 0.1) is 0 Å². The van der Waals surface area contributed by atoms with E-state index in [1.165, 1.54) is 25.7 Å². The Morgan fingerprint density at radius 2 is 2.13 bits per heavy atom. The summed E-state index contributed by atoms with van der Waals surface area (Å²) in [5.74, 6) is 0.573. The summed E-state index contributed by atoms with van der Waals surface area (Å²) < 4.78 is 1.05. The maximum absolute atomic E-state index is 6.07. The van der Waals surface area contributed by atoms with Crippen LogP contribution in [0.15, 0.2) is 10.5 Å². The molecule has 0 spiro atoms. The second-order valence-electron chi connectivity index (χ2n) is 3.99. The van der Waals surface area contributed by atoms with Gasteiger partial charge >= 0.3 is 0 Å². The van der Waals surface area contributed by atoms with Gasteiger partial charge in [0.15, 0.2) is 0 Å². The summed E-state index contributed by atoms with van der Waals surface area (Å²) in [5.41, 5.74) is 7.59. The van der Waals surface area contributed by atoms with Gasteiger partial charge in [-0.05, 0) is 34.8 Å². The van der Waals surface area contributed by atoms with E-state index in [2.05, 4.69) is 20.9 Å². The number of pyridine rings is 1. The Balaban J connectivity index is 2.35. The second kappa shape index (κ2) is 4.81. The van der Waals surface area contributed by atoms with E-state index < -0.39 is 0 Å². The molecule has 15 heavy (non-hydrogen) atoms. The molecule has 1 aliphatic carbocycles. The van der Waals surface area contributed by atoms with Crippen LogP contribution in [-0.2, 0) is 6.54 Å². The standard InChI is InChI=1S/C11H14BrClN2/c12-9-5-8(6-14)11(13)15-10(9)7-3-1-2-4-7/h5,7H,1-4,6,14H2. The molecule has 0 unspecified atom stereocenters. The van der Waals surface area contributed by atoms with Gasteiger partial charge in [-0.2, -0.15) is 0 Å². The molecule has 0 aromatic carbocycles. The van der Waals surface area contributed by atoms with Crippen LogP contribution in [0.2, 0.25) is 5.15 Å². The summed E-state index contributed by atoms with van der Waals surface area (Å²) in [6.07, 6.45) is 5.05. The van der Waals surface area contributed by atoms with Crippen molar-refractivity contribution in [2.24, 2.45) is 5.73 Å². The van der Waals surface area contributed by atoms with Crippen LogP contribution in [0.5, 0.6) is 0 Å². The minimum Gasteiger partial charge on any atom is -0.326 e. The highest BCUT2D eigenvalue weighted by Crippen LogP contribution is 2.37. The van der Waals surface area contributed by atoms with Gasteiger partial charge in [-0.1, -0.05) is 24.4 Å². The van der Waals surface area contributed by atoms with E-state index in [9.17, 15) is 0 Å². The van der Waals surface area contributed by atoms with E-state index in [-0.39, 0.29) is 0 Å². The molecule has 0 amide bonds. The van der Waals surface area contributed by atoms with Gasteiger partial charge in [0.2, 0.25) is 0 Å². The van der Waals surface area contributed by atoms with Crippen LogP contribution in [0.3, 0.4) is 0 Å². The first kappa shape index (κ1) is 11.4. The predicted molar refractivity (Wildman–Crippen MR) is 66.0 cm³/mol. The fourth-order valence-corrected chi connectivity index (χ4v) is 3.06. The first-order valence-electron chi connectivity index (χ1n) is 5.27. The Morgan fingerprint density at radius 3 is 2.73 bits per heavy atom. The van der Waals surface area contributed by atoms with Gasteiger partial charge in [-0.15, -0.1) is 0 Å². The first-order valence-corrected chi connectivity index (χ1v) is 6.44. The van der Waals surface area contributed by atoms with Gasteiger partial charge in [0.05, 0.1) is 5.69 Å². The van der Waals surface area contributed by atoms with Gasteiger partial charge in [0.1, 0.15) is 5.15 Å². The largest absolute Gasteiger partial charge is 0.326 e. The lowest BCUT2D eigenvalue weighted by atomic mass is 10.0. The van der Waals surface area contributed by atoms with Crippen molar-refractivity contribution >= 4 is 27.5 Å². The number of hydrogen-bond donors (Lipinski definition) is 1. The van der Waals surface area contributed by atoms with Crippen molar-refractivity contribution in [1.29, 1.82) is 0 Å². The van der Waals surface area contributed by atoms with Crippen molar-refractivity contribution in [3.05, 3.63) is 26.9 Å². The van der Waals surface area contributed by atoms with E-state index in [1.807, 2.05) is 6.07 Å². The van der Waals surface area contributed by atoms with Gasteiger partial charge < -0.3 is 5.73 Å². The lowest BCUT2D eigenvalue weighted by molar-refractivity contribution is 0.692. The zero-order valence-electron chi connectivity index (χ0n) is 8.47. The summed E-state index contributed by atoms with van der Waals surface area (Å²) in [5, 5.41) is 0.558. The molecular formula is C11H14BrClN2. The number of nitrogens with zero attached hydrogens (tertiary/aromatic N) is 1. The average molecular weight is 290 g/mol. The molecule has 1 aromatic heterocycles. The molecule has 2 N–H and O–H groups in total. The maximum atomic E-state index is 6.07. The van der Waals surface area contributed by atoms with E-state index >= 15 is 0 Å². The number of halogens is 2. The Bertz CT molecular complexity index is 362. The van der Waals surface area contributed by atoms with Crippen LogP contribution in [0.1, 0.15) is 42.9 Å². The summed E-state index contributed by atoms with van der Waals surface area (Å²) in [6.45, 7) is 0.440. The lowest BCUT2D eigenvalue weighted by Crippen LogP contribution is -2.04. The van der Waals surface area contributed by atoms with E-state index in [1.54, 1.807) is 0 Å². The Hall–Kier alpha value is -0.120. The van der Waals surface area contributed by atoms with Crippen molar-refractivity contribution in [2.45, 2.75) is 38.1 Å². The molecule has 4 heteroatoms. The SMILES string of the molecule is NCc1cc(Br)c(C2CCCC2)nc1Cl. The number of rotatable bonds is 2. The summed E-state index contributed by atoms with van der Waals surface area (Å²) in [7, 11) is 0. The van der Waals surface area contributed by atoms with Crippen LogP contribution >= 0.6 is 27.5 Å². The van der Waals surface area contributed by atoms with Crippen molar-refractivity contribution in [1.82, 2.24) is 4.98 Å². The first-order chi connectivity index (χ1) is 7.22. The number of aromatic nitrogens is 1. The van der Waals surface area contributed by atoms with E-state index in [0.717, 1.165) is 15.7 Å². The van der Waals surface area contributed by atoms with Crippen LogP contribution in [-0.4, -0.2) is 4.98 Å². The zero-order chi connectivity index (χ0) is 10.8. The third kappa shape index (κ3) is 2.35. The molecule has 1 saturated carbocycles. The predicted octanol–water partition coefficient (Wildman–Crippen LogP) is 3.61. The van der Waals surface area contributed by atoms with Gasteiger partial charge in [0.25, 0.3) is 0 Å². The summed E-state index contributed by atoms with van der Waals surface area (Å²) >= 11 is 9.62. The smallest absolute Gasteiger partial charge is 0.133 e. The molecular weight excluding hydrogens is 275 g/mol. The Labute approximate surface area is 103 Å². The molecule has 0 atom stereocenters. The molecule has 82 valence electrons. The zero-order valence-corrected chi connectivity index (χ0v) is 10.8. The van der Waals surface area contributed by atoms with Crippen LogP contribution < -0.4 is 5.73 Å². The van der Waals surface area contributed by atoms with Gasteiger partial charge in [0, 0.05) is 22.5 Å². The van der Waals surface area contributed by atoms with Gasteiger partial charge in [-0.3, -0.25) is 0 Å². The number of hydrogen-bond acceptors (Lipinski definition) is 2. The van der Waals surface area contributed by atoms with Crippen LogP contribution in [0.4, 0.5) is 0 Å². The fraction of sp³-hybridized carbons (Fsp3) is 0.545. The second-order valence-corrected chi connectivity index (χ2v) is 5.20. The number of nitrogens with two attached hydrogens (primary N) is 1. The third-order valence-corrected chi connectivity index (χ3v) is 3.95. The highest BCUT2D eigenvalue weighted by atomic mass is 79.9. The van der Waals surface area contributed by atoms with E-state index in [4.69, 9.17) is 17.3 Å². The molecule has 0 saturated heterocycles. The molecule has 2 rings (SSSR count). The highest BCUT2D eigenvalue weighted by Gasteiger charge is 2.21. The molecule has 1 heterocycles. The van der Waals surface area contributed by atoms with E-state index in [0.29, 0.717) is 17.6 Å². The molecule has 2 nitrogen and oxygen atoms in total. The monoisotopic (exact) mass is 288 g/mol. The topological polar surface area (TPSA) is 38.9 Å². The minimum absolute atomic E-state index is 0.440. The van der Waals surface area contributed by atoms with Crippen molar-refractivity contribution < 1.29 is 0 Å². The molecule has 1 fully saturated rings. The van der Waals surface area contributed by atoms with Crippen molar-refractivity contribution in [2.75, 3.05) is 0 Å². The van der Waals surface area contributed by atoms with Crippen molar-refractivity contribution in [3.63, 3.8) is 0 Å². The fourth-order valence-electron chi connectivity index (χ4n) is 2.15. The highest BCUT2D eigenvalue weighted by molar-refractivity contribution is 9.10. The normalized spacial score (nSPS) is 17.3. The maximum Gasteiger partial charge on any atom is 0.133 e.